The molecule has 0 radical (unpaired) electrons. The fraction of sp³-hybridized carbons (Fsp3) is 0.615. The molecule has 1 heterocycles. The maximum atomic E-state index is 4.38. The van der Waals surface area contributed by atoms with Crippen LogP contribution in [0.25, 0.3) is 0 Å². The van der Waals surface area contributed by atoms with Crippen molar-refractivity contribution in [3.05, 3.63) is 23.9 Å². The summed E-state index contributed by atoms with van der Waals surface area (Å²) in [7, 11) is 0. The van der Waals surface area contributed by atoms with Crippen LogP contribution in [-0.4, -0.2) is 11.0 Å². The molecule has 0 bridgehead atoms. The van der Waals surface area contributed by atoms with Gasteiger partial charge in [-0.2, -0.15) is 0 Å². The van der Waals surface area contributed by atoms with E-state index in [-0.39, 0.29) is 0 Å². The largest absolute Gasteiger partial charge is 0.367 e. The molecule has 1 aliphatic carbocycles. The SMILES string of the molecule is Cc1cccnc1NC1CCC(C)CC1. The van der Waals surface area contributed by atoms with E-state index >= 15 is 0 Å². The molecular formula is C13H20N2. The highest BCUT2D eigenvalue weighted by Gasteiger charge is 2.18. The van der Waals surface area contributed by atoms with Crippen LogP contribution < -0.4 is 5.32 Å². The number of anilines is 1. The number of aromatic nitrogens is 1. The van der Waals surface area contributed by atoms with Gasteiger partial charge in [0.2, 0.25) is 0 Å². The maximum Gasteiger partial charge on any atom is 0.129 e. The van der Waals surface area contributed by atoms with Crippen molar-refractivity contribution in [1.29, 1.82) is 0 Å². The third-order valence-electron chi connectivity index (χ3n) is 3.37. The van der Waals surface area contributed by atoms with Crippen LogP contribution >= 0.6 is 0 Å². The molecule has 1 aromatic rings. The van der Waals surface area contributed by atoms with Crippen LogP contribution in [0.1, 0.15) is 38.2 Å². The number of aryl methyl sites for hydroxylation is 1. The predicted molar refractivity (Wildman–Crippen MR) is 64.0 cm³/mol. The Morgan fingerprint density at radius 1 is 1.27 bits per heavy atom. The molecule has 0 unspecified atom stereocenters. The van der Waals surface area contributed by atoms with Crippen molar-refractivity contribution >= 4 is 5.82 Å². The number of nitrogens with one attached hydrogen (secondary N) is 1. The molecule has 0 spiro atoms. The van der Waals surface area contributed by atoms with E-state index in [2.05, 4.69) is 30.2 Å². The van der Waals surface area contributed by atoms with E-state index in [0.29, 0.717) is 6.04 Å². The average molecular weight is 204 g/mol. The standard InChI is InChI=1S/C13H20N2/c1-10-5-7-12(8-6-10)15-13-11(2)4-3-9-14-13/h3-4,9-10,12H,5-8H2,1-2H3,(H,14,15). The van der Waals surface area contributed by atoms with Crippen molar-refractivity contribution in [2.45, 2.75) is 45.6 Å². The number of rotatable bonds is 2. The van der Waals surface area contributed by atoms with Gasteiger partial charge >= 0.3 is 0 Å². The van der Waals surface area contributed by atoms with Crippen molar-refractivity contribution in [1.82, 2.24) is 4.98 Å². The highest BCUT2D eigenvalue weighted by Crippen LogP contribution is 2.26. The van der Waals surface area contributed by atoms with Gasteiger partial charge in [-0.05, 0) is 50.2 Å². The molecule has 0 atom stereocenters. The Morgan fingerprint density at radius 2 is 2.00 bits per heavy atom. The Balaban J connectivity index is 1.95. The van der Waals surface area contributed by atoms with Gasteiger partial charge in [0, 0.05) is 12.2 Å². The van der Waals surface area contributed by atoms with Gasteiger partial charge < -0.3 is 5.32 Å². The second-order valence-corrected chi connectivity index (χ2v) is 4.77. The summed E-state index contributed by atoms with van der Waals surface area (Å²) in [4.78, 5) is 4.38. The molecule has 0 amide bonds. The van der Waals surface area contributed by atoms with Crippen LogP contribution in [-0.2, 0) is 0 Å². The molecule has 2 nitrogen and oxygen atoms in total. The number of pyridine rings is 1. The first-order valence-corrected chi connectivity index (χ1v) is 5.94. The summed E-state index contributed by atoms with van der Waals surface area (Å²) < 4.78 is 0. The number of nitrogens with zero attached hydrogens (tertiary/aromatic N) is 1. The molecule has 82 valence electrons. The lowest BCUT2D eigenvalue weighted by molar-refractivity contribution is 0.360. The highest BCUT2D eigenvalue weighted by molar-refractivity contribution is 5.43. The molecule has 1 N–H and O–H groups in total. The van der Waals surface area contributed by atoms with Gasteiger partial charge in [0.15, 0.2) is 0 Å². The van der Waals surface area contributed by atoms with Gasteiger partial charge in [-0.25, -0.2) is 4.98 Å². The second-order valence-electron chi connectivity index (χ2n) is 4.77. The molecule has 15 heavy (non-hydrogen) atoms. The van der Waals surface area contributed by atoms with Crippen LogP contribution in [0.3, 0.4) is 0 Å². The van der Waals surface area contributed by atoms with E-state index in [9.17, 15) is 0 Å². The summed E-state index contributed by atoms with van der Waals surface area (Å²) in [5.74, 6) is 1.98. The van der Waals surface area contributed by atoms with Crippen LogP contribution in [0.4, 0.5) is 5.82 Å². The van der Waals surface area contributed by atoms with Crippen LogP contribution in [0.5, 0.6) is 0 Å². The zero-order valence-corrected chi connectivity index (χ0v) is 9.66. The predicted octanol–water partition coefficient (Wildman–Crippen LogP) is 3.38. The summed E-state index contributed by atoms with van der Waals surface area (Å²) in [6.07, 6.45) is 7.14. The fourth-order valence-electron chi connectivity index (χ4n) is 2.23. The molecule has 0 aromatic carbocycles. The summed E-state index contributed by atoms with van der Waals surface area (Å²) in [6, 6.07) is 4.74. The Labute approximate surface area is 92.1 Å². The Hall–Kier alpha value is -1.05. The third kappa shape index (κ3) is 2.71. The molecule has 1 aliphatic rings. The summed E-state index contributed by atoms with van der Waals surface area (Å²) in [5, 5.41) is 3.56. The molecule has 2 rings (SSSR count). The van der Waals surface area contributed by atoms with Crippen LogP contribution in [0, 0.1) is 12.8 Å². The lowest BCUT2D eigenvalue weighted by Gasteiger charge is -2.27. The van der Waals surface area contributed by atoms with Gasteiger partial charge in [0.25, 0.3) is 0 Å². The van der Waals surface area contributed by atoms with Crippen molar-refractivity contribution in [2.24, 2.45) is 5.92 Å². The second kappa shape index (κ2) is 4.65. The van der Waals surface area contributed by atoms with E-state index in [0.717, 1.165) is 11.7 Å². The van der Waals surface area contributed by atoms with Crippen molar-refractivity contribution < 1.29 is 0 Å². The molecule has 0 saturated heterocycles. The first-order chi connectivity index (χ1) is 7.25. The zero-order chi connectivity index (χ0) is 10.7. The third-order valence-corrected chi connectivity index (χ3v) is 3.37. The van der Waals surface area contributed by atoms with E-state index in [1.165, 1.54) is 31.2 Å². The molecule has 1 aromatic heterocycles. The van der Waals surface area contributed by atoms with Crippen molar-refractivity contribution in [3.8, 4) is 0 Å². The lowest BCUT2D eigenvalue weighted by atomic mass is 9.87. The number of hydrogen-bond donors (Lipinski definition) is 1. The minimum atomic E-state index is 0.634. The van der Waals surface area contributed by atoms with Crippen molar-refractivity contribution in [2.75, 3.05) is 5.32 Å². The van der Waals surface area contributed by atoms with Gasteiger partial charge in [-0.1, -0.05) is 13.0 Å². The molecule has 1 fully saturated rings. The minimum absolute atomic E-state index is 0.634. The monoisotopic (exact) mass is 204 g/mol. The van der Waals surface area contributed by atoms with Gasteiger partial charge in [-0.3, -0.25) is 0 Å². The minimum Gasteiger partial charge on any atom is -0.367 e. The van der Waals surface area contributed by atoms with Gasteiger partial charge in [0.1, 0.15) is 5.82 Å². The lowest BCUT2D eigenvalue weighted by Crippen LogP contribution is -2.25. The van der Waals surface area contributed by atoms with E-state index in [4.69, 9.17) is 0 Å². The van der Waals surface area contributed by atoms with Crippen LogP contribution in [0.15, 0.2) is 18.3 Å². The molecule has 1 saturated carbocycles. The highest BCUT2D eigenvalue weighted by atomic mass is 15.0. The molecular weight excluding hydrogens is 184 g/mol. The maximum absolute atomic E-state index is 4.38. The first-order valence-electron chi connectivity index (χ1n) is 5.94. The average Bonchev–Trinajstić information content (AvgIpc) is 2.25. The molecule has 2 heteroatoms. The van der Waals surface area contributed by atoms with E-state index in [1.54, 1.807) is 0 Å². The fourth-order valence-corrected chi connectivity index (χ4v) is 2.23. The van der Waals surface area contributed by atoms with Crippen molar-refractivity contribution in [3.63, 3.8) is 0 Å². The van der Waals surface area contributed by atoms with E-state index < -0.39 is 0 Å². The Bertz CT molecular complexity index is 314. The summed E-state index contributed by atoms with van der Waals surface area (Å²) in [6.45, 7) is 4.46. The number of hydrogen-bond acceptors (Lipinski definition) is 2. The molecule has 0 aliphatic heterocycles. The normalized spacial score (nSPS) is 26.3. The van der Waals surface area contributed by atoms with Crippen LogP contribution in [0.2, 0.25) is 0 Å². The summed E-state index contributed by atoms with van der Waals surface area (Å²) in [5.41, 5.74) is 1.25. The van der Waals surface area contributed by atoms with Gasteiger partial charge in [0.05, 0.1) is 0 Å². The topological polar surface area (TPSA) is 24.9 Å². The summed E-state index contributed by atoms with van der Waals surface area (Å²) >= 11 is 0. The Kier molecular flexibility index (Phi) is 3.24. The smallest absolute Gasteiger partial charge is 0.129 e. The Morgan fingerprint density at radius 3 is 2.67 bits per heavy atom. The van der Waals surface area contributed by atoms with Gasteiger partial charge in [-0.15, -0.1) is 0 Å². The quantitative estimate of drug-likeness (QED) is 0.798. The van der Waals surface area contributed by atoms with E-state index in [1.807, 2.05) is 12.3 Å². The zero-order valence-electron chi connectivity index (χ0n) is 9.66. The first kappa shape index (κ1) is 10.5.